The number of nitrogens with one attached hydrogen (secondary N) is 1. The minimum Gasteiger partial charge on any atom is -0.368 e. The molecule has 0 amide bonds. The first-order valence-electron chi connectivity index (χ1n) is 6.87. The fourth-order valence-corrected chi connectivity index (χ4v) is 1.75. The molecule has 0 unspecified atom stereocenters. The third kappa shape index (κ3) is 4.63. The zero-order valence-electron chi connectivity index (χ0n) is 12.8. The van der Waals surface area contributed by atoms with Crippen molar-refractivity contribution in [2.75, 3.05) is 18.5 Å². The molecule has 0 aliphatic rings. The Morgan fingerprint density at radius 2 is 2.05 bits per heavy atom. The van der Waals surface area contributed by atoms with Crippen molar-refractivity contribution in [1.29, 1.82) is 0 Å². The first-order chi connectivity index (χ1) is 8.95. The SMILES string of the molecule is C=CCN(C)c1cnc(C(C)C)nc1CNC(C)C. The predicted molar refractivity (Wildman–Crippen MR) is 81.6 cm³/mol. The largest absolute Gasteiger partial charge is 0.368 e. The average molecular weight is 262 g/mol. The van der Waals surface area contributed by atoms with E-state index in [4.69, 9.17) is 4.98 Å². The van der Waals surface area contributed by atoms with Crippen LogP contribution in [0.2, 0.25) is 0 Å². The maximum atomic E-state index is 4.70. The summed E-state index contributed by atoms with van der Waals surface area (Å²) in [6, 6.07) is 0.440. The first kappa shape index (κ1) is 15.6. The van der Waals surface area contributed by atoms with Crippen molar-refractivity contribution in [2.24, 2.45) is 0 Å². The van der Waals surface area contributed by atoms with Crippen LogP contribution in [0.1, 0.15) is 45.1 Å². The lowest BCUT2D eigenvalue weighted by atomic mass is 10.2. The summed E-state index contributed by atoms with van der Waals surface area (Å²) in [6.45, 7) is 13.8. The number of anilines is 1. The molecule has 1 N–H and O–H groups in total. The van der Waals surface area contributed by atoms with E-state index in [9.17, 15) is 0 Å². The molecule has 106 valence electrons. The fourth-order valence-electron chi connectivity index (χ4n) is 1.75. The Labute approximate surface area is 117 Å². The minimum absolute atomic E-state index is 0.344. The molecule has 1 heterocycles. The van der Waals surface area contributed by atoms with Crippen LogP contribution in [0.15, 0.2) is 18.9 Å². The third-order valence-corrected chi connectivity index (χ3v) is 2.87. The van der Waals surface area contributed by atoms with Gasteiger partial charge in [0.15, 0.2) is 0 Å². The van der Waals surface area contributed by atoms with E-state index in [1.807, 2.05) is 19.3 Å². The summed E-state index contributed by atoms with van der Waals surface area (Å²) in [5.41, 5.74) is 2.12. The molecule has 0 aliphatic heterocycles. The van der Waals surface area contributed by atoms with Crippen LogP contribution >= 0.6 is 0 Å². The molecule has 0 bridgehead atoms. The summed E-state index contributed by atoms with van der Waals surface area (Å²) < 4.78 is 0. The Morgan fingerprint density at radius 3 is 2.58 bits per heavy atom. The van der Waals surface area contributed by atoms with Crippen molar-refractivity contribution in [3.05, 3.63) is 30.4 Å². The minimum atomic E-state index is 0.344. The second-order valence-electron chi connectivity index (χ2n) is 5.42. The molecule has 4 heteroatoms. The Kier molecular flexibility index (Phi) is 5.96. The molecule has 0 fully saturated rings. The van der Waals surface area contributed by atoms with Gasteiger partial charge in [-0.25, -0.2) is 9.97 Å². The normalized spacial score (nSPS) is 11.1. The molecule has 0 radical (unpaired) electrons. The highest BCUT2D eigenvalue weighted by atomic mass is 15.1. The highest BCUT2D eigenvalue weighted by Gasteiger charge is 2.12. The second-order valence-corrected chi connectivity index (χ2v) is 5.42. The molecular weight excluding hydrogens is 236 g/mol. The predicted octanol–water partition coefficient (Wildman–Crippen LogP) is 2.72. The first-order valence-corrected chi connectivity index (χ1v) is 6.87. The van der Waals surface area contributed by atoms with E-state index < -0.39 is 0 Å². The molecule has 1 aromatic heterocycles. The van der Waals surface area contributed by atoms with E-state index in [0.29, 0.717) is 12.0 Å². The van der Waals surface area contributed by atoms with Crippen molar-refractivity contribution in [3.8, 4) is 0 Å². The van der Waals surface area contributed by atoms with Gasteiger partial charge in [0.1, 0.15) is 5.82 Å². The number of hydrogen-bond acceptors (Lipinski definition) is 4. The van der Waals surface area contributed by atoms with Crippen molar-refractivity contribution in [1.82, 2.24) is 15.3 Å². The molecule has 0 aromatic carbocycles. The molecule has 4 nitrogen and oxygen atoms in total. The van der Waals surface area contributed by atoms with Crippen LogP contribution in [0, 0.1) is 0 Å². The third-order valence-electron chi connectivity index (χ3n) is 2.87. The Balaban J connectivity index is 3.03. The maximum Gasteiger partial charge on any atom is 0.131 e. The van der Waals surface area contributed by atoms with Crippen LogP contribution in [-0.4, -0.2) is 29.6 Å². The quantitative estimate of drug-likeness (QED) is 0.767. The Morgan fingerprint density at radius 1 is 1.37 bits per heavy atom. The van der Waals surface area contributed by atoms with Crippen molar-refractivity contribution in [2.45, 2.75) is 46.2 Å². The summed E-state index contributed by atoms with van der Waals surface area (Å²) in [5.74, 6) is 1.24. The monoisotopic (exact) mass is 262 g/mol. The van der Waals surface area contributed by atoms with Gasteiger partial charge in [-0.2, -0.15) is 0 Å². The summed E-state index contributed by atoms with van der Waals surface area (Å²) in [7, 11) is 2.04. The lowest BCUT2D eigenvalue weighted by Gasteiger charge is -2.21. The smallest absolute Gasteiger partial charge is 0.131 e. The Hall–Kier alpha value is -1.42. The molecule has 0 spiro atoms. The van der Waals surface area contributed by atoms with Crippen LogP contribution < -0.4 is 10.2 Å². The second kappa shape index (κ2) is 7.24. The van der Waals surface area contributed by atoms with Gasteiger partial charge in [-0.15, -0.1) is 6.58 Å². The highest BCUT2D eigenvalue weighted by molar-refractivity contribution is 5.49. The van der Waals surface area contributed by atoms with Gasteiger partial charge in [0, 0.05) is 32.1 Å². The molecule has 0 saturated carbocycles. The van der Waals surface area contributed by atoms with Gasteiger partial charge >= 0.3 is 0 Å². The van der Waals surface area contributed by atoms with Gasteiger partial charge in [0.2, 0.25) is 0 Å². The van der Waals surface area contributed by atoms with Gasteiger partial charge < -0.3 is 10.2 Å². The molecule has 1 rings (SSSR count). The van der Waals surface area contributed by atoms with Crippen LogP contribution in [0.3, 0.4) is 0 Å². The van der Waals surface area contributed by atoms with E-state index >= 15 is 0 Å². The summed E-state index contributed by atoms with van der Waals surface area (Å²) >= 11 is 0. The van der Waals surface area contributed by atoms with Gasteiger partial charge in [-0.1, -0.05) is 33.8 Å². The van der Waals surface area contributed by atoms with Gasteiger partial charge in [-0.3, -0.25) is 0 Å². The van der Waals surface area contributed by atoms with Crippen molar-refractivity contribution >= 4 is 5.69 Å². The lowest BCUT2D eigenvalue weighted by molar-refractivity contribution is 0.576. The molecule has 0 aliphatic carbocycles. The van der Waals surface area contributed by atoms with Crippen LogP contribution in [-0.2, 0) is 6.54 Å². The van der Waals surface area contributed by atoms with Crippen LogP contribution in [0.25, 0.3) is 0 Å². The highest BCUT2D eigenvalue weighted by Crippen LogP contribution is 2.19. The summed E-state index contributed by atoms with van der Waals surface area (Å²) in [6.07, 6.45) is 3.80. The maximum absolute atomic E-state index is 4.70. The van der Waals surface area contributed by atoms with Crippen molar-refractivity contribution in [3.63, 3.8) is 0 Å². The van der Waals surface area contributed by atoms with E-state index in [1.165, 1.54) is 0 Å². The summed E-state index contributed by atoms with van der Waals surface area (Å²) in [5, 5.41) is 3.42. The number of rotatable bonds is 7. The number of nitrogens with zero attached hydrogens (tertiary/aromatic N) is 3. The standard InChI is InChI=1S/C15H26N4/c1-7-8-19(6)14-10-17-15(11(2)3)18-13(14)9-16-12(4)5/h7,10-12,16H,1,8-9H2,2-6H3. The van der Waals surface area contributed by atoms with Crippen molar-refractivity contribution < 1.29 is 0 Å². The molecular formula is C15H26N4. The molecule has 1 aromatic rings. The van der Waals surface area contributed by atoms with E-state index in [2.05, 4.69) is 49.5 Å². The topological polar surface area (TPSA) is 41.1 Å². The number of hydrogen-bond donors (Lipinski definition) is 1. The molecule has 19 heavy (non-hydrogen) atoms. The van der Waals surface area contributed by atoms with Crippen LogP contribution in [0.5, 0.6) is 0 Å². The average Bonchev–Trinajstić information content (AvgIpc) is 2.36. The van der Waals surface area contributed by atoms with E-state index in [0.717, 1.165) is 30.3 Å². The molecule has 0 saturated heterocycles. The zero-order valence-corrected chi connectivity index (χ0v) is 12.8. The Bertz CT molecular complexity index is 413. The van der Waals surface area contributed by atoms with Gasteiger partial charge in [0.25, 0.3) is 0 Å². The van der Waals surface area contributed by atoms with Crippen LogP contribution in [0.4, 0.5) is 5.69 Å². The zero-order chi connectivity index (χ0) is 14.4. The van der Waals surface area contributed by atoms with E-state index in [-0.39, 0.29) is 0 Å². The van der Waals surface area contributed by atoms with E-state index in [1.54, 1.807) is 0 Å². The molecule has 0 atom stereocenters. The van der Waals surface area contributed by atoms with Gasteiger partial charge in [0.05, 0.1) is 17.6 Å². The van der Waals surface area contributed by atoms with Gasteiger partial charge in [-0.05, 0) is 0 Å². The number of aromatic nitrogens is 2. The fraction of sp³-hybridized carbons (Fsp3) is 0.600. The lowest BCUT2D eigenvalue weighted by Crippen LogP contribution is -2.26. The summed E-state index contributed by atoms with van der Waals surface area (Å²) in [4.78, 5) is 11.3. The number of likely N-dealkylation sites (N-methyl/N-ethyl adjacent to an activating group) is 1.